The lowest BCUT2D eigenvalue weighted by molar-refractivity contribution is -0.132. The fourth-order valence-corrected chi connectivity index (χ4v) is 6.19. The number of H-pyrrole nitrogens is 1. The SMILES string of the molecule is NC(=O)C(NC1CCC(c2c[nH]c3ccccc23)CC1)C1CCN(C(=O)Cc2cc(F)c(F)c(F)c2)CC1. The molecule has 5 rings (SSSR count). The molecule has 1 aliphatic carbocycles. The third kappa shape index (κ3) is 5.57. The molecule has 0 bridgehead atoms. The Morgan fingerprint density at radius 1 is 1.00 bits per heavy atom. The topological polar surface area (TPSA) is 91.2 Å². The zero-order valence-corrected chi connectivity index (χ0v) is 21.2. The lowest BCUT2D eigenvalue weighted by Crippen LogP contribution is -2.54. The van der Waals surface area contributed by atoms with E-state index in [1.54, 1.807) is 4.90 Å². The van der Waals surface area contributed by atoms with E-state index in [0.29, 0.717) is 31.8 Å². The van der Waals surface area contributed by atoms with Gasteiger partial charge in [0, 0.05) is 36.2 Å². The summed E-state index contributed by atoms with van der Waals surface area (Å²) in [4.78, 5) is 30.1. The van der Waals surface area contributed by atoms with Gasteiger partial charge in [-0.15, -0.1) is 0 Å². The van der Waals surface area contributed by atoms with E-state index in [4.69, 9.17) is 5.73 Å². The van der Waals surface area contributed by atoms with E-state index in [1.165, 1.54) is 10.9 Å². The van der Waals surface area contributed by atoms with E-state index in [1.807, 2.05) is 6.07 Å². The number of piperidine rings is 1. The van der Waals surface area contributed by atoms with Crippen molar-refractivity contribution < 1.29 is 22.8 Å². The number of nitrogens with one attached hydrogen (secondary N) is 2. The first kappa shape index (κ1) is 26.3. The summed E-state index contributed by atoms with van der Waals surface area (Å²) in [6, 6.07) is 9.77. The molecule has 1 saturated carbocycles. The Hall–Kier alpha value is -3.33. The van der Waals surface area contributed by atoms with Gasteiger partial charge in [-0.05, 0) is 79.7 Å². The average molecular weight is 527 g/mol. The number of likely N-dealkylation sites (tertiary alicyclic amines) is 1. The van der Waals surface area contributed by atoms with Gasteiger partial charge in [-0.25, -0.2) is 13.2 Å². The summed E-state index contributed by atoms with van der Waals surface area (Å²) in [6.45, 7) is 0.850. The van der Waals surface area contributed by atoms with Gasteiger partial charge in [0.25, 0.3) is 0 Å². The molecule has 202 valence electrons. The van der Waals surface area contributed by atoms with Gasteiger partial charge in [-0.1, -0.05) is 18.2 Å². The van der Waals surface area contributed by atoms with Gasteiger partial charge in [-0.2, -0.15) is 0 Å². The molecule has 9 heteroatoms. The van der Waals surface area contributed by atoms with Gasteiger partial charge in [0.05, 0.1) is 12.5 Å². The fraction of sp³-hybridized carbons (Fsp3) is 0.448. The van der Waals surface area contributed by atoms with E-state index in [-0.39, 0.29) is 35.8 Å². The molecular weight excluding hydrogens is 493 g/mol. The van der Waals surface area contributed by atoms with E-state index >= 15 is 0 Å². The molecular formula is C29H33F3N4O2. The number of primary amides is 1. The second-order valence-electron chi connectivity index (χ2n) is 10.7. The number of benzene rings is 2. The molecule has 3 aromatic rings. The summed E-state index contributed by atoms with van der Waals surface area (Å²) in [7, 11) is 0. The van der Waals surface area contributed by atoms with Crippen LogP contribution in [0.5, 0.6) is 0 Å². The average Bonchev–Trinajstić information content (AvgIpc) is 3.35. The van der Waals surface area contributed by atoms with E-state index in [2.05, 4.69) is 34.7 Å². The van der Waals surface area contributed by atoms with Crippen molar-refractivity contribution in [3.8, 4) is 0 Å². The molecule has 1 atom stereocenters. The molecule has 1 saturated heterocycles. The van der Waals surface area contributed by atoms with Crippen LogP contribution in [-0.2, 0) is 16.0 Å². The number of rotatable bonds is 7. The summed E-state index contributed by atoms with van der Waals surface area (Å²) in [5, 5.41) is 4.80. The van der Waals surface area contributed by atoms with Crippen LogP contribution in [0.15, 0.2) is 42.6 Å². The standard InChI is InChI=1S/C29H33F3N4O2/c30-23-13-17(14-24(31)27(23)32)15-26(37)36-11-9-19(10-12-36)28(29(33)38)35-20-7-5-18(6-8-20)22-16-34-25-4-2-1-3-21(22)25/h1-4,13-14,16,18-20,28,34-35H,5-12,15H2,(H2,33,38). The molecule has 4 N–H and O–H groups in total. The molecule has 6 nitrogen and oxygen atoms in total. The summed E-state index contributed by atoms with van der Waals surface area (Å²) >= 11 is 0. The molecule has 2 heterocycles. The lowest BCUT2D eigenvalue weighted by Gasteiger charge is -2.38. The fourth-order valence-electron chi connectivity index (χ4n) is 6.19. The van der Waals surface area contributed by atoms with Crippen LogP contribution >= 0.6 is 0 Å². The van der Waals surface area contributed by atoms with Gasteiger partial charge in [0.2, 0.25) is 11.8 Å². The molecule has 0 spiro atoms. The number of carbonyl (C=O) groups excluding carboxylic acids is 2. The Balaban J connectivity index is 1.13. The number of nitrogens with zero attached hydrogens (tertiary/aromatic N) is 1. The van der Waals surface area contributed by atoms with Crippen molar-refractivity contribution in [1.82, 2.24) is 15.2 Å². The van der Waals surface area contributed by atoms with Crippen LogP contribution in [0, 0.1) is 23.4 Å². The second kappa shape index (κ2) is 11.2. The first-order valence-corrected chi connectivity index (χ1v) is 13.3. The number of nitrogens with two attached hydrogens (primary N) is 1. The minimum atomic E-state index is -1.54. The molecule has 2 amide bonds. The largest absolute Gasteiger partial charge is 0.368 e. The number of fused-ring (bicyclic) bond motifs is 1. The van der Waals surface area contributed by atoms with Crippen molar-refractivity contribution in [2.24, 2.45) is 11.7 Å². The van der Waals surface area contributed by atoms with Crippen molar-refractivity contribution in [3.63, 3.8) is 0 Å². The molecule has 1 aliphatic heterocycles. The molecule has 2 aromatic carbocycles. The number of hydrogen-bond donors (Lipinski definition) is 3. The van der Waals surface area contributed by atoms with Crippen LogP contribution in [-0.4, -0.2) is 46.9 Å². The Morgan fingerprint density at radius 2 is 1.66 bits per heavy atom. The first-order valence-electron chi connectivity index (χ1n) is 13.3. The Bertz CT molecular complexity index is 1290. The Labute approximate surface area is 219 Å². The van der Waals surface area contributed by atoms with Crippen LogP contribution in [0.3, 0.4) is 0 Å². The van der Waals surface area contributed by atoms with Gasteiger partial charge >= 0.3 is 0 Å². The number of carbonyl (C=O) groups is 2. The van der Waals surface area contributed by atoms with Crippen molar-refractivity contribution in [2.45, 2.75) is 62.9 Å². The normalized spacial score (nSPS) is 21.5. The summed E-state index contributed by atoms with van der Waals surface area (Å²) < 4.78 is 40.2. The molecule has 2 aliphatic rings. The molecule has 0 radical (unpaired) electrons. The highest BCUT2D eigenvalue weighted by atomic mass is 19.2. The van der Waals surface area contributed by atoms with Crippen LogP contribution in [0.2, 0.25) is 0 Å². The number of halogens is 3. The smallest absolute Gasteiger partial charge is 0.234 e. The number of aromatic nitrogens is 1. The maximum atomic E-state index is 13.5. The summed E-state index contributed by atoms with van der Waals surface area (Å²) in [6.07, 6.45) is 7.08. The summed E-state index contributed by atoms with van der Waals surface area (Å²) in [5.41, 5.74) is 8.40. The molecule has 1 unspecified atom stereocenters. The van der Waals surface area contributed by atoms with Crippen LogP contribution in [0.25, 0.3) is 10.9 Å². The van der Waals surface area contributed by atoms with Gasteiger partial charge in [-0.3, -0.25) is 9.59 Å². The minimum absolute atomic E-state index is 0.00333. The molecule has 2 fully saturated rings. The van der Waals surface area contributed by atoms with Crippen molar-refractivity contribution in [2.75, 3.05) is 13.1 Å². The number of amides is 2. The minimum Gasteiger partial charge on any atom is -0.368 e. The zero-order chi connectivity index (χ0) is 26.8. The van der Waals surface area contributed by atoms with Gasteiger partial charge in [0.1, 0.15) is 0 Å². The van der Waals surface area contributed by atoms with Gasteiger partial charge < -0.3 is 20.9 Å². The third-order valence-corrected chi connectivity index (χ3v) is 8.27. The van der Waals surface area contributed by atoms with E-state index in [0.717, 1.165) is 43.3 Å². The van der Waals surface area contributed by atoms with Crippen molar-refractivity contribution >= 4 is 22.7 Å². The summed E-state index contributed by atoms with van der Waals surface area (Å²) in [5.74, 6) is -4.34. The van der Waals surface area contributed by atoms with Crippen LogP contribution in [0.4, 0.5) is 13.2 Å². The third-order valence-electron chi connectivity index (χ3n) is 8.27. The highest BCUT2D eigenvalue weighted by Gasteiger charge is 2.34. The monoisotopic (exact) mass is 526 g/mol. The highest BCUT2D eigenvalue weighted by molar-refractivity contribution is 5.83. The van der Waals surface area contributed by atoms with Crippen molar-refractivity contribution in [3.05, 3.63) is 71.2 Å². The second-order valence-corrected chi connectivity index (χ2v) is 10.7. The van der Waals surface area contributed by atoms with Gasteiger partial charge in [0.15, 0.2) is 17.5 Å². The first-order chi connectivity index (χ1) is 18.3. The quantitative estimate of drug-likeness (QED) is 0.395. The van der Waals surface area contributed by atoms with Crippen LogP contribution in [0.1, 0.15) is 55.6 Å². The van der Waals surface area contributed by atoms with Crippen LogP contribution < -0.4 is 11.1 Å². The number of aromatic amines is 1. The van der Waals surface area contributed by atoms with E-state index < -0.39 is 23.5 Å². The number of para-hydroxylation sites is 1. The van der Waals surface area contributed by atoms with Crippen molar-refractivity contribution in [1.29, 1.82) is 0 Å². The number of hydrogen-bond acceptors (Lipinski definition) is 3. The molecule has 1 aromatic heterocycles. The predicted octanol–water partition coefficient (Wildman–Crippen LogP) is 4.54. The predicted molar refractivity (Wildman–Crippen MR) is 139 cm³/mol. The zero-order valence-electron chi connectivity index (χ0n) is 21.2. The van der Waals surface area contributed by atoms with E-state index in [9.17, 15) is 22.8 Å². The highest BCUT2D eigenvalue weighted by Crippen LogP contribution is 2.37. The Morgan fingerprint density at radius 3 is 2.32 bits per heavy atom. The maximum absolute atomic E-state index is 13.5. The molecule has 38 heavy (non-hydrogen) atoms. The lowest BCUT2D eigenvalue weighted by atomic mass is 9.80. The Kier molecular flexibility index (Phi) is 7.74. The maximum Gasteiger partial charge on any atom is 0.234 e.